The van der Waals surface area contributed by atoms with E-state index in [2.05, 4.69) is 18.2 Å². The highest BCUT2D eigenvalue weighted by Crippen LogP contribution is 2.31. The second kappa shape index (κ2) is 5.98. The number of ether oxygens (including phenoxy) is 1. The average molecular weight is 263 g/mol. The van der Waals surface area contributed by atoms with Crippen molar-refractivity contribution in [2.75, 3.05) is 6.61 Å². The van der Waals surface area contributed by atoms with Crippen LogP contribution in [0.1, 0.15) is 30.4 Å². The van der Waals surface area contributed by atoms with Crippen molar-refractivity contribution in [3.63, 3.8) is 0 Å². The maximum Gasteiger partial charge on any atom is 0.125 e. The number of hydrogen-bond acceptors (Lipinski definition) is 4. The molecule has 2 aromatic rings. The van der Waals surface area contributed by atoms with Crippen LogP contribution in [0.2, 0.25) is 0 Å². The molecule has 1 N–H and O–H groups in total. The van der Waals surface area contributed by atoms with Crippen LogP contribution in [-0.4, -0.2) is 16.1 Å². The maximum atomic E-state index is 10.3. The zero-order valence-electron chi connectivity index (χ0n) is 10.5. The molecule has 1 atom stereocenters. The summed E-state index contributed by atoms with van der Waals surface area (Å²) in [5.41, 5.74) is 0.794. The third-order valence-electron chi connectivity index (χ3n) is 2.51. The first kappa shape index (κ1) is 13.1. The minimum Gasteiger partial charge on any atom is -0.493 e. The third kappa shape index (κ3) is 3.09. The lowest BCUT2D eigenvalue weighted by Crippen LogP contribution is -2.08. The molecular formula is C14H17NO2S. The summed E-state index contributed by atoms with van der Waals surface area (Å²) in [4.78, 5) is 0.829. The molecule has 0 spiro atoms. The summed E-state index contributed by atoms with van der Waals surface area (Å²) in [6.07, 6.45) is 1.03. The van der Waals surface area contributed by atoms with E-state index in [1.54, 1.807) is 6.20 Å². The van der Waals surface area contributed by atoms with Crippen LogP contribution in [0.3, 0.4) is 0 Å². The van der Waals surface area contributed by atoms with Gasteiger partial charge in [-0.15, -0.1) is 0 Å². The Labute approximate surface area is 111 Å². The summed E-state index contributed by atoms with van der Waals surface area (Å²) in [6, 6.07) is 9.43. The number of nitrogens with zero attached hydrogens (tertiary/aromatic N) is 1. The Morgan fingerprint density at radius 2 is 2.06 bits per heavy atom. The number of para-hydroxylation sites is 1. The third-order valence-corrected chi connectivity index (χ3v) is 3.31. The van der Waals surface area contributed by atoms with Crippen LogP contribution < -0.4 is 4.74 Å². The molecule has 0 aliphatic carbocycles. The van der Waals surface area contributed by atoms with E-state index in [4.69, 9.17) is 4.74 Å². The molecule has 3 nitrogen and oxygen atoms in total. The van der Waals surface area contributed by atoms with Crippen LogP contribution >= 0.6 is 11.5 Å². The summed E-state index contributed by atoms with van der Waals surface area (Å²) >= 11 is 1.30. The van der Waals surface area contributed by atoms with Crippen molar-refractivity contribution in [3.8, 4) is 5.75 Å². The van der Waals surface area contributed by atoms with Gasteiger partial charge in [0.15, 0.2) is 0 Å². The van der Waals surface area contributed by atoms with Gasteiger partial charge >= 0.3 is 0 Å². The number of aromatic nitrogens is 1. The molecule has 0 bridgehead atoms. The number of aliphatic hydroxyl groups is 1. The normalized spacial score (nSPS) is 12.7. The summed E-state index contributed by atoms with van der Waals surface area (Å²) in [7, 11) is 0. The Balaban J connectivity index is 2.21. The Morgan fingerprint density at radius 1 is 1.28 bits per heavy atom. The van der Waals surface area contributed by atoms with Gasteiger partial charge in [-0.1, -0.05) is 32.0 Å². The van der Waals surface area contributed by atoms with E-state index in [-0.39, 0.29) is 0 Å². The predicted octanol–water partition coefficient (Wildman–Crippen LogP) is 3.26. The second-order valence-corrected chi connectivity index (χ2v) is 5.42. The molecule has 0 saturated heterocycles. The van der Waals surface area contributed by atoms with Crippen LogP contribution in [0.15, 0.2) is 36.5 Å². The van der Waals surface area contributed by atoms with Crippen molar-refractivity contribution in [1.29, 1.82) is 0 Å². The molecule has 18 heavy (non-hydrogen) atoms. The Bertz CT molecular complexity index is 482. The van der Waals surface area contributed by atoms with E-state index < -0.39 is 6.10 Å². The fourth-order valence-electron chi connectivity index (χ4n) is 1.61. The molecule has 0 aliphatic rings. The Kier molecular flexibility index (Phi) is 4.33. The molecule has 0 amide bonds. The first-order valence-corrected chi connectivity index (χ1v) is 6.76. The SMILES string of the molecule is CC(C)COc1ccccc1[C@@H](O)c1ccns1. The fraction of sp³-hybridized carbons (Fsp3) is 0.357. The van der Waals surface area contributed by atoms with Gasteiger partial charge in [0, 0.05) is 11.8 Å². The van der Waals surface area contributed by atoms with E-state index in [0.717, 1.165) is 16.2 Å². The number of aliphatic hydroxyl groups excluding tert-OH is 1. The highest BCUT2D eigenvalue weighted by atomic mass is 32.1. The molecular weight excluding hydrogens is 246 g/mol. The lowest BCUT2D eigenvalue weighted by molar-refractivity contribution is 0.209. The summed E-state index contributed by atoms with van der Waals surface area (Å²) in [5.74, 6) is 1.20. The molecule has 1 heterocycles. The Hall–Kier alpha value is -1.39. The first-order valence-electron chi connectivity index (χ1n) is 5.99. The van der Waals surface area contributed by atoms with Gasteiger partial charge < -0.3 is 9.84 Å². The van der Waals surface area contributed by atoms with Crippen molar-refractivity contribution in [2.45, 2.75) is 20.0 Å². The zero-order chi connectivity index (χ0) is 13.0. The first-order chi connectivity index (χ1) is 8.68. The van der Waals surface area contributed by atoms with Crippen LogP contribution in [0.25, 0.3) is 0 Å². The monoisotopic (exact) mass is 263 g/mol. The molecule has 1 aromatic carbocycles. The van der Waals surface area contributed by atoms with Gasteiger partial charge in [0.2, 0.25) is 0 Å². The largest absolute Gasteiger partial charge is 0.493 e. The van der Waals surface area contributed by atoms with Crippen LogP contribution in [0.4, 0.5) is 0 Å². The average Bonchev–Trinajstić information content (AvgIpc) is 2.89. The van der Waals surface area contributed by atoms with Crippen molar-refractivity contribution in [1.82, 2.24) is 4.37 Å². The van der Waals surface area contributed by atoms with Crippen LogP contribution in [-0.2, 0) is 0 Å². The van der Waals surface area contributed by atoms with Crippen molar-refractivity contribution in [3.05, 3.63) is 47.0 Å². The predicted molar refractivity (Wildman–Crippen MR) is 73.0 cm³/mol. The highest BCUT2D eigenvalue weighted by molar-refractivity contribution is 7.05. The van der Waals surface area contributed by atoms with Gasteiger partial charge in [0.1, 0.15) is 11.9 Å². The van der Waals surface area contributed by atoms with E-state index in [1.165, 1.54) is 11.5 Å². The smallest absolute Gasteiger partial charge is 0.125 e. The Morgan fingerprint density at radius 3 is 2.72 bits per heavy atom. The summed E-state index contributed by atoms with van der Waals surface area (Å²) < 4.78 is 9.76. The molecule has 0 aliphatic heterocycles. The minimum absolute atomic E-state index is 0.457. The zero-order valence-corrected chi connectivity index (χ0v) is 11.4. The molecule has 4 heteroatoms. The van der Waals surface area contributed by atoms with E-state index in [9.17, 15) is 5.11 Å². The number of rotatable bonds is 5. The second-order valence-electron chi connectivity index (χ2n) is 4.56. The van der Waals surface area contributed by atoms with Gasteiger partial charge in [-0.3, -0.25) is 0 Å². The van der Waals surface area contributed by atoms with Gasteiger partial charge in [-0.05, 0) is 29.6 Å². The fourth-order valence-corrected chi connectivity index (χ4v) is 2.21. The highest BCUT2D eigenvalue weighted by Gasteiger charge is 2.16. The molecule has 96 valence electrons. The molecule has 0 unspecified atom stereocenters. The van der Waals surface area contributed by atoms with Gasteiger partial charge in [-0.2, -0.15) is 0 Å². The van der Waals surface area contributed by atoms with Crippen LogP contribution in [0, 0.1) is 5.92 Å². The lowest BCUT2D eigenvalue weighted by Gasteiger charge is -2.16. The maximum absolute atomic E-state index is 10.3. The molecule has 0 radical (unpaired) electrons. The van der Waals surface area contributed by atoms with E-state index in [1.807, 2.05) is 30.3 Å². The number of hydrogen-bond donors (Lipinski definition) is 1. The van der Waals surface area contributed by atoms with Gasteiger partial charge in [0.25, 0.3) is 0 Å². The van der Waals surface area contributed by atoms with Crippen molar-refractivity contribution in [2.24, 2.45) is 5.92 Å². The number of benzene rings is 1. The molecule has 1 aromatic heterocycles. The van der Waals surface area contributed by atoms with E-state index in [0.29, 0.717) is 12.5 Å². The van der Waals surface area contributed by atoms with Gasteiger partial charge in [0.05, 0.1) is 11.5 Å². The standard InChI is InChI=1S/C14H17NO2S/c1-10(2)9-17-12-6-4-3-5-11(12)14(16)13-7-8-15-18-13/h3-8,10,14,16H,9H2,1-2H3/t14-/m1/s1. The quantitative estimate of drug-likeness (QED) is 0.900. The summed E-state index contributed by atoms with van der Waals surface area (Å²) in [6.45, 7) is 4.84. The molecule has 0 fully saturated rings. The lowest BCUT2D eigenvalue weighted by atomic mass is 10.1. The molecule has 2 rings (SSSR count). The van der Waals surface area contributed by atoms with E-state index >= 15 is 0 Å². The van der Waals surface area contributed by atoms with Crippen LogP contribution in [0.5, 0.6) is 5.75 Å². The molecule has 0 saturated carbocycles. The van der Waals surface area contributed by atoms with Crippen molar-refractivity contribution >= 4 is 11.5 Å². The van der Waals surface area contributed by atoms with Gasteiger partial charge in [-0.25, -0.2) is 4.37 Å². The van der Waals surface area contributed by atoms with Crippen molar-refractivity contribution < 1.29 is 9.84 Å². The topological polar surface area (TPSA) is 42.4 Å². The summed E-state index contributed by atoms with van der Waals surface area (Å²) in [5, 5.41) is 10.3. The minimum atomic E-state index is -0.666.